The normalized spacial score (nSPS) is 15.7. The van der Waals surface area contributed by atoms with Crippen LogP contribution in [0.4, 0.5) is 4.39 Å². The number of piperazine rings is 1. The molecule has 0 unspecified atom stereocenters. The standard InChI is InChI=1S/C33H38FN3O/c1-24(27-7-5-8-29(34)20-27)6-4-9-33(38)31-23-36(3)32-15-14-28(21-30(31)32)26-12-10-25(11-13-26)22-37-18-16-35(2)17-19-37/h5,7-8,10-15,20-21,23-24H,4,6,9,16-19,22H2,1-3H3/t24-/m1/s1. The van der Waals surface area contributed by atoms with E-state index in [1.165, 1.54) is 17.2 Å². The van der Waals surface area contributed by atoms with Gasteiger partial charge in [-0.2, -0.15) is 0 Å². The van der Waals surface area contributed by atoms with Gasteiger partial charge in [0.15, 0.2) is 5.78 Å². The molecule has 0 bridgehead atoms. The van der Waals surface area contributed by atoms with E-state index in [0.717, 1.165) is 73.2 Å². The summed E-state index contributed by atoms with van der Waals surface area (Å²) in [5.74, 6) is 0.181. The van der Waals surface area contributed by atoms with Gasteiger partial charge in [-0.15, -0.1) is 0 Å². The van der Waals surface area contributed by atoms with Crippen LogP contribution >= 0.6 is 0 Å². The molecule has 3 aromatic carbocycles. The van der Waals surface area contributed by atoms with E-state index in [0.29, 0.717) is 6.42 Å². The van der Waals surface area contributed by atoms with Crippen molar-refractivity contribution in [2.75, 3.05) is 33.2 Å². The van der Waals surface area contributed by atoms with Gasteiger partial charge in [-0.1, -0.05) is 49.4 Å². The fourth-order valence-corrected chi connectivity index (χ4v) is 5.54. The van der Waals surface area contributed by atoms with Crippen molar-refractivity contribution in [1.29, 1.82) is 0 Å². The van der Waals surface area contributed by atoms with Crippen LogP contribution in [-0.4, -0.2) is 53.4 Å². The first-order valence-electron chi connectivity index (χ1n) is 13.8. The van der Waals surface area contributed by atoms with Gasteiger partial charge in [0.2, 0.25) is 0 Å². The Morgan fingerprint density at radius 2 is 1.66 bits per heavy atom. The highest BCUT2D eigenvalue weighted by atomic mass is 19.1. The Kier molecular flexibility index (Phi) is 8.06. The molecule has 1 atom stereocenters. The summed E-state index contributed by atoms with van der Waals surface area (Å²) in [5.41, 5.74) is 6.47. The number of hydrogen-bond donors (Lipinski definition) is 0. The molecule has 5 heteroatoms. The Hall–Kier alpha value is -3.28. The molecule has 198 valence electrons. The van der Waals surface area contributed by atoms with E-state index in [4.69, 9.17) is 0 Å². The van der Waals surface area contributed by atoms with Crippen molar-refractivity contribution in [2.45, 2.75) is 38.6 Å². The summed E-state index contributed by atoms with van der Waals surface area (Å²) >= 11 is 0. The molecule has 0 N–H and O–H groups in total. The molecule has 5 rings (SSSR count). The number of carbonyl (C=O) groups excluding carboxylic acids is 1. The number of Topliss-reactive ketones (excluding diaryl/α,β-unsaturated/α-hetero) is 1. The molecule has 2 heterocycles. The maximum absolute atomic E-state index is 13.6. The minimum absolute atomic E-state index is 0.168. The van der Waals surface area contributed by atoms with Crippen molar-refractivity contribution in [2.24, 2.45) is 7.05 Å². The van der Waals surface area contributed by atoms with E-state index >= 15 is 0 Å². The molecular formula is C33H38FN3O. The smallest absolute Gasteiger partial charge is 0.165 e. The Balaban J connectivity index is 1.26. The van der Waals surface area contributed by atoms with Gasteiger partial charge in [0, 0.05) is 68.9 Å². The fourth-order valence-electron chi connectivity index (χ4n) is 5.54. The van der Waals surface area contributed by atoms with E-state index in [9.17, 15) is 9.18 Å². The number of carbonyl (C=O) groups is 1. The second kappa shape index (κ2) is 11.6. The summed E-state index contributed by atoms with van der Waals surface area (Å²) in [6, 6.07) is 22.1. The third-order valence-corrected chi connectivity index (χ3v) is 8.04. The molecule has 0 radical (unpaired) electrons. The van der Waals surface area contributed by atoms with Crippen molar-refractivity contribution >= 4 is 16.7 Å². The molecule has 0 amide bonds. The van der Waals surface area contributed by atoms with Crippen molar-refractivity contribution in [3.8, 4) is 11.1 Å². The third kappa shape index (κ3) is 6.06. The monoisotopic (exact) mass is 511 g/mol. The summed E-state index contributed by atoms with van der Waals surface area (Å²) in [7, 11) is 4.18. The van der Waals surface area contributed by atoms with Crippen LogP contribution in [0.5, 0.6) is 0 Å². The number of benzene rings is 3. The Labute approximate surface area is 225 Å². The summed E-state index contributed by atoms with van der Waals surface area (Å²) in [5, 5.41) is 1.01. The van der Waals surface area contributed by atoms with Gasteiger partial charge in [-0.25, -0.2) is 4.39 Å². The zero-order valence-corrected chi connectivity index (χ0v) is 22.8. The van der Waals surface area contributed by atoms with Gasteiger partial charge in [0.25, 0.3) is 0 Å². The number of nitrogens with zero attached hydrogens (tertiary/aromatic N) is 3. The first kappa shape index (κ1) is 26.3. The molecule has 0 spiro atoms. The molecular weight excluding hydrogens is 473 g/mol. The van der Waals surface area contributed by atoms with Gasteiger partial charge in [-0.05, 0) is 72.3 Å². The van der Waals surface area contributed by atoms with Gasteiger partial charge in [0.05, 0.1) is 0 Å². The number of halogens is 1. The van der Waals surface area contributed by atoms with Crippen molar-refractivity contribution in [1.82, 2.24) is 14.4 Å². The second-order valence-corrected chi connectivity index (χ2v) is 10.9. The molecule has 1 aliphatic heterocycles. The third-order valence-electron chi connectivity index (χ3n) is 8.04. The SMILES string of the molecule is C[C@H](CCCC(=O)c1cn(C)c2ccc(-c3ccc(CN4CCN(C)CC4)cc3)cc12)c1cccc(F)c1. The fraction of sp³-hybridized carbons (Fsp3) is 0.364. The number of likely N-dealkylation sites (N-methyl/N-ethyl adjacent to an activating group) is 1. The van der Waals surface area contributed by atoms with Gasteiger partial charge in [0.1, 0.15) is 5.82 Å². The van der Waals surface area contributed by atoms with Gasteiger partial charge < -0.3 is 9.47 Å². The predicted molar refractivity (Wildman–Crippen MR) is 154 cm³/mol. The predicted octanol–water partition coefficient (Wildman–Crippen LogP) is 6.89. The second-order valence-electron chi connectivity index (χ2n) is 10.9. The lowest BCUT2D eigenvalue weighted by Crippen LogP contribution is -2.43. The molecule has 1 aromatic heterocycles. The minimum atomic E-state index is -0.207. The average Bonchev–Trinajstić information content (AvgIpc) is 3.26. The number of aromatic nitrogens is 1. The molecule has 0 saturated carbocycles. The number of hydrogen-bond acceptors (Lipinski definition) is 3. The lowest BCUT2D eigenvalue weighted by atomic mass is 9.93. The summed E-state index contributed by atoms with van der Waals surface area (Å²) < 4.78 is 15.6. The highest BCUT2D eigenvalue weighted by Crippen LogP contribution is 2.30. The van der Waals surface area contributed by atoms with Gasteiger partial charge in [-0.3, -0.25) is 9.69 Å². The molecule has 1 fully saturated rings. The summed E-state index contributed by atoms with van der Waals surface area (Å²) in [6.45, 7) is 7.57. The molecule has 4 nitrogen and oxygen atoms in total. The Morgan fingerprint density at radius 1 is 0.921 bits per heavy atom. The van der Waals surface area contributed by atoms with Crippen LogP contribution in [0, 0.1) is 5.82 Å². The minimum Gasteiger partial charge on any atom is -0.350 e. The van der Waals surface area contributed by atoms with E-state index in [-0.39, 0.29) is 17.5 Å². The van der Waals surface area contributed by atoms with Crippen molar-refractivity contribution < 1.29 is 9.18 Å². The van der Waals surface area contributed by atoms with Crippen LogP contribution in [0.2, 0.25) is 0 Å². The molecule has 1 aliphatic rings. The average molecular weight is 512 g/mol. The lowest BCUT2D eigenvalue weighted by Gasteiger charge is -2.32. The zero-order chi connectivity index (χ0) is 26.6. The maximum atomic E-state index is 13.6. The van der Waals surface area contributed by atoms with Crippen LogP contribution < -0.4 is 0 Å². The first-order chi connectivity index (χ1) is 18.4. The van der Waals surface area contributed by atoms with Crippen LogP contribution in [0.25, 0.3) is 22.0 Å². The van der Waals surface area contributed by atoms with Gasteiger partial charge >= 0.3 is 0 Å². The number of rotatable bonds is 9. The van der Waals surface area contributed by atoms with Crippen molar-refractivity contribution in [3.63, 3.8) is 0 Å². The first-order valence-corrected chi connectivity index (χ1v) is 13.8. The number of ketones is 1. The van der Waals surface area contributed by atoms with Crippen LogP contribution in [0.1, 0.15) is 53.6 Å². The quantitative estimate of drug-likeness (QED) is 0.229. The highest BCUT2D eigenvalue weighted by Gasteiger charge is 2.17. The summed E-state index contributed by atoms with van der Waals surface area (Å²) in [4.78, 5) is 18.2. The highest BCUT2D eigenvalue weighted by molar-refractivity contribution is 6.09. The lowest BCUT2D eigenvalue weighted by molar-refractivity contribution is 0.0980. The van der Waals surface area contributed by atoms with E-state index < -0.39 is 0 Å². The molecule has 0 aliphatic carbocycles. The van der Waals surface area contributed by atoms with Crippen molar-refractivity contribution in [3.05, 3.63) is 95.4 Å². The molecule has 1 saturated heterocycles. The summed E-state index contributed by atoms with van der Waals surface area (Å²) in [6.07, 6.45) is 4.09. The van der Waals surface area contributed by atoms with Crippen LogP contribution in [0.15, 0.2) is 72.9 Å². The number of fused-ring (bicyclic) bond motifs is 1. The zero-order valence-electron chi connectivity index (χ0n) is 22.8. The topological polar surface area (TPSA) is 28.5 Å². The van der Waals surface area contributed by atoms with E-state index in [1.807, 2.05) is 23.9 Å². The van der Waals surface area contributed by atoms with E-state index in [1.54, 1.807) is 12.1 Å². The maximum Gasteiger partial charge on any atom is 0.165 e. The molecule has 38 heavy (non-hydrogen) atoms. The Morgan fingerprint density at radius 3 is 2.39 bits per heavy atom. The largest absolute Gasteiger partial charge is 0.350 e. The van der Waals surface area contributed by atoms with E-state index in [2.05, 4.69) is 66.2 Å². The number of aryl methyl sites for hydroxylation is 1. The molecule has 4 aromatic rings. The van der Waals surface area contributed by atoms with Crippen LogP contribution in [-0.2, 0) is 13.6 Å². The Bertz CT molecular complexity index is 1400. The van der Waals surface area contributed by atoms with Crippen LogP contribution in [0.3, 0.4) is 0 Å².